The molecule has 488 valence electrons. The summed E-state index contributed by atoms with van der Waals surface area (Å²) in [7, 11) is -2.01. The summed E-state index contributed by atoms with van der Waals surface area (Å²) in [5.74, 6) is 4.66. The number of aryl methyl sites for hydroxylation is 4. The number of benzene rings is 5. The third-order valence-corrected chi connectivity index (χ3v) is 32.8. The third-order valence-electron chi connectivity index (χ3n) is 20.3. The van der Waals surface area contributed by atoms with Gasteiger partial charge in [-0.05, 0) is 146 Å². The lowest BCUT2D eigenvalue weighted by molar-refractivity contribution is 0.235. The van der Waals surface area contributed by atoms with Gasteiger partial charge in [0, 0.05) is 72.7 Å². The van der Waals surface area contributed by atoms with Gasteiger partial charge in [-0.1, -0.05) is 145 Å². The molecule has 19 heteroatoms. The van der Waals surface area contributed by atoms with Crippen LogP contribution in [-0.2, 0) is 0 Å². The molecule has 5 aromatic carbocycles. The van der Waals surface area contributed by atoms with E-state index in [1.165, 1.54) is 179 Å². The molecule has 4 unspecified atom stereocenters. The Labute approximate surface area is 582 Å². The van der Waals surface area contributed by atoms with Crippen molar-refractivity contribution in [1.29, 1.82) is 0 Å². The maximum Gasteiger partial charge on any atom is 0.146 e. The second-order valence-electron chi connectivity index (χ2n) is 26.6. The van der Waals surface area contributed by atoms with Gasteiger partial charge in [0.15, 0.2) is 0 Å². The predicted molar refractivity (Wildman–Crippen MR) is 412 cm³/mol. The molecule has 0 saturated heterocycles. The van der Waals surface area contributed by atoms with Crippen molar-refractivity contribution in [3.05, 3.63) is 69.4 Å². The topological polar surface area (TPSA) is 122 Å². The minimum atomic E-state index is -2.01. The second kappa shape index (κ2) is 29.0. The molecule has 0 fully saturated rings. The van der Waals surface area contributed by atoms with Crippen molar-refractivity contribution >= 4 is 197 Å². The van der Waals surface area contributed by atoms with Gasteiger partial charge < -0.3 is 9.47 Å². The quantitative estimate of drug-likeness (QED) is 0.0438. The summed E-state index contributed by atoms with van der Waals surface area (Å²) in [4.78, 5) is 8.41. The number of aromatic nitrogens is 8. The van der Waals surface area contributed by atoms with Gasteiger partial charge >= 0.3 is 0 Å². The first-order chi connectivity index (χ1) is 45.4. The Morgan fingerprint density at radius 2 is 0.742 bits per heavy atom. The number of nitrogens with zero attached hydrogens (tertiary/aromatic N) is 8. The number of hydrogen-bond donors (Lipinski definition) is 0. The molecular formula is C74H88N8O2S8Si. The van der Waals surface area contributed by atoms with E-state index in [2.05, 4.69) is 152 Å². The molecule has 1 aliphatic rings. The lowest BCUT2D eigenvalue weighted by Crippen LogP contribution is -2.56. The molecule has 0 amide bonds. The van der Waals surface area contributed by atoms with Gasteiger partial charge in [-0.2, -0.15) is 35.0 Å². The molecular weight excluding hydrogens is 1320 g/mol. The van der Waals surface area contributed by atoms with Gasteiger partial charge in [0.05, 0.1) is 69.5 Å². The number of unbranched alkanes of at least 4 members (excludes halogenated alkanes) is 4. The zero-order valence-corrected chi connectivity index (χ0v) is 63.8. The van der Waals surface area contributed by atoms with Crippen LogP contribution < -0.4 is 19.8 Å². The van der Waals surface area contributed by atoms with Crippen LogP contribution in [0.3, 0.4) is 0 Å². The van der Waals surface area contributed by atoms with Gasteiger partial charge in [0.25, 0.3) is 0 Å². The van der Waals surface area contributed by atoms with Crippen LogP contribution in [0.4, 0.5) is 0 Å². The van der Waals surface area contributed by atoms with Crippen molar-refractivity contribution < 1.29 is 9.47 Å². The smallest absolute Gasteiger partial charge is 0.146 e. The van der Waals surface area contributed by atoms with E-state index in [1.54, 1.807) is 31.5 Å². The molecule has 10 nitrogen and oxygen atoms in total. The van der Waals surface area contributed by atoms with Gasteiger partial charge in [0.2, 0.25) is 0 Å². The van der Waals surface area contributed by atoms with Crippen molar-refractivity contribution in [2.24, 2.45) is 23.7 Å². The fourth-order valence-electron chi connectivity index (χ4n) is 14.9. The normalized spacial score (nSPS) is 15.4. The maximum absolute atomic E-state index is 6.92. The van der Waals surface area contributed by atoms with Crippen LogP contribution in [0, 0.1) is 51.4 Å². The Hall–Kier alpha value is -4.96. The number of hydrogen-bond acceptors (Lipinski definition) is 18. The van der Waals surface area contributed by atoms with Crippen LogP contribution in [0.2, 0.25) is 12.1 Å². The number of ether oxygens (including phenoxy) is 2. The predicted octanol–water partition coefficient (Wildman–Crippen LogP) is 24.0. The van der Waals surface area contributed by atoms with E-state index < -0.39 is 8.07 Å². The molecule has 0 aliphatic carbocycles. The fourth-order valence-corrected chi connectivity index (χ4v) is 29.8. The van der Waals surface area contributed by atoms with E-state index in [4.69, 9.17) is 35.7 Å². The SMILES string of the molecule is CCCCC(CC)COc1c2cc(-c3cc4c(cc(C)c5nsnc54)c4nsnc34)sc2c(OCC(CC)CCCC)c2cc(C)sc12.CCCCC(CC)C[Si]1(CC(CC)CCCC)c2cc(C)sc2-c2sc(-c3cc4c(cc(C)c5nsnc54)c4nsnc34)cc21. The first-order valence-electron chi connectivity index (χ1n) is 34.5. The van der Waals surface area contributed by atoms with Crippen LogP contribution in [0.1, 0.15) is 179 Å². The summed E-state index contributed by atoms with van der Waals surface area (Å²) in [6.07, 6.45) is 20.1. The Morgan fingerprint density at radius 1 is 0.366 bits per heavy atom. The van der Waals surface area contributed by atoms with E-state index in [0.717, 1.165) is 147 Å². The van der Waals surface area contributed by atoms with Gasteiger partial charge in [0.1, 0.15) is 63.7 Å². The zero-order valence-electron chi connectivity index (χ0n) is 56.2. The minimum absolute atomic E-state index is 0.535. The first kappa shape index (κ1) is 66.6. The van der Waals surface area contributed by atoms with E-state index in [0.29, 0.717) is 11.8 Å². The molecule has 0 bridgehead atoms. The van der Waals surface area contributed by atoms with Crippen molar-refractivity contribution in [3.63, 3.8) is 0 Å². The highest BCUT2D eigenvalue weighted by molar-refractivity contribution is 7.30. The minimum Gasteiger partial charge on any atom is -0.491 e. The summed E-state index contributed by atoms with van der Waals surface area (Å²) in [5, 5.41) is 10.3. The summed E-state index contributed by atoms with van der Waals surface area (Å²) in [6, 6.07) is 21.7. The molecule has 8 aromatic heterocycles. The maximum atomic E-state index is 6.92. The molecule has 0 spiro atoms. The van der Waals surface area contributed by atoms with Crippen LogP contribution in [0.5, 0.6) is 11.5 Å². The largest absolute Gasteiger partial charge is 0.491 e. The highest BCUT2D eigenvalue weighted by atomic mass is 32.1. The number of fused-ring (bicyclic) bond motifs is 15. The van der Waals surface area contributed by atoms with E-state index in [-0.39, 0.29) is 0 Å². The molecule has 14 rings (SSSR count). The Bertz CT molecular complexity index is 4700. The van der Waals surface area contributed by atoms with Crippen LogP contribution in [0.25, 0.3) is 116 Å². The molecule has 0 saturated carbocycles. The second-order valence-corrected chi connectivity index (χ2v) is 37.4. The van der Waals surface area contributed by atoms with Crippen molar-refractivity contribution in [2.45, 2.75) is 198 Å². The van der Waals surface area contributed by atoms with Gasteiger partial charge in [-0.15, -0.1) is 45.3 Å². The summed E-state index contributed by atoms with van der Waals surface area (Å²) in [6.45, 7) is 28.9. The lowest BCUT2D eigenvalue weighted by Gasteiger charge is -2.35. The summed E-state index contributed by atoms with van der Waals surface area (Å²) < 4.78 is 54.4. The molecule has 0 radical (unpaired) electrons. The molecule has 13 aromatic rings. The van der Waals surface area contributed by atoms with Crippen LogP contribution in [0.15, 0.2) is 48.5 Å². The van der Waals surface area contributed by atoms with E-state index >= 15 is 0 Å². The Balaban J connectivity index is 0.000000170. The first-order valence-corrected chi connectivity index (χ1v) is 43.1. The molecule has 0 N–H and O–H groups in total. The highest BCUT2D eigenvalue weighted by Gasteiger charge is 2.50. The van der Waals surface area contributed by atoms with Crippen molar-refractivity contribution in [2.75, 3.05) is 13.2 Å². The average molecular weight is 1410 g/mol. The van der Waals surface area contributed by atoms with Crippen molar-refractivity contribution in [3.8, 4) is 42.1 Å². The summed E-state index contributed by atoms with van der Waals surface area (Å²) in [5.41, 5.74) is 12.4. The highest BCUT2D eigenvalue weighted by Crippen LogP contribution is 2.54. The average Bonchev–Trinajstić information content (AvgIpc) is 1.56. The van der Waals surface area contributed by atoms with Gasteiger partial charge in [-0.25, -0.2) is 0 Å². The Kier molecular flexibility index (Phi) is 20.8. The molecule has 1 aliphatic heterocycles. The Morgan fingerprint density at radius 3 is 1.22 bits per heavy atom. The molecule has 9 heterocycles. The van der Waals surface area contributed by atoms with E-state index in [9.17, 15) is 0 Å². The lowest BCUT2D eigenvalue weighted by atomic mass is 9.99. The third kappa shape index (κ3) is 12.7. The monoisotopic (exact) mass is 1400 g/mol. The fraction of sp³-hybridized carbons (Fsp3) is 0.486. The van der Waals surface area contributed by atoms with Gasteiger partial charge in [-0.3, -0.25) is 0 Å². The molecule has 93 heavy (non-hydrogen) atoms. The van der Waals surface area contributed by atoms with Crippen molar-refractivity contribution in [1.82, 2.24) is 35.0 Å². The number of rotatable bonds is 28. The standard InChI is InChI=1S/C38H44N4O2S4.C36H44N4S4Si/c1-7-11-13-23(9-3)19-43-35-28-16-22(6)45-37(28)36(44-20-24(10-4)14-12-8-2)29-18-30(46-38(29)35)27-17-26-25(33-34(27)42-48-41-33)15-21(5)31-32(26)40-47-39-31;1-7-11-13-23(9-3)19-45(20-24(10-4)14-12-8-2)29-16-22(6)41-35(29)36-30(45)18-28(42-36)27-17-26-25(33-34(27)40-44-39-33)15-21(5)31-32(26)38-43-37-31/h15-18,23-24H,7-14,19-20H2,1-6H3;15-18,23-24H,7-14,19-20H2,1-6H3. The van der Waals surface area contributed by atoms with Crippen LogP contribution >= 0.6 is 92.3 Å². The van der Waals surface area contributed by atoms with Crippen LogP contribution in [-0.4, -0.2) is 56.3 Å². The number of thiophene rings is 4. The van der Waals surface area contributed by atoms with E-state index in [1.807, 2.05) is 22.7 Å². The molecule has 4 atom stereocenters. The summed E-state index contributed by atoms with van der Waals surface area (Å²) >= 11 is 12.9. The zero-order chi connectivity index (χ0) is 64.7.